The minimum absolute atomic E-state index is 0. The molecule has 2 rings (SSSR count). The summed E-state index contributed by atoms with van der Waals surface area (Å²) >= 11 is 0. The Kier molecular flexibility index (Phi) is 5.61. The molecule has 0 saturated carbocycles. The molecule has 5 heteroatoms. The summed E-state index contributed by atoms with van der Waals surface area (Å²) in [5, 5.41) is 3.35. The number of nitrogens with one attached hydrogen (secondary N) is 1. The van der Waals surface area contributed by atoms with E-state index in [-0.39, 0.29) is 24.8 Å². The molecule has 0 unspecified atom stereocenters. The Hall–Kier alpha value is -0.800. The third-order valence-electron chi connectivity index (χ3n) is 2.38. The van der Waals surface area contributed by atoms with Crippen LogP contribution in [0, 0.1) is 0 Å². The number of benzene rings is 1. The Balaban J connectivity index is 0.000000980. The maximum atomic E-state index is 5.16. The van der Waals surface area contributed by atoms with Crippen LogP contribution in [0.15, 0.2) is 18.2 Å². The first kappa shape index (κ1) is 14.2. The number of nitrogens with zero attached hydrogens (tertiary/aromatic N) is 1. The van der Waals surface area contributed by atoms with Gasteiger partial charge in [0.25, 0.3) is 0 Å². The average Bonchev–Trinajstić information content (AvgIpc) is 2.18. The first-order valence-corrected chi connectivity index (χ1v) is 4.44. The van der Waals surface area contributed by atoms with Crippen LogP contribution < -0.4 is 15.0 Å². The zero-order chi connectivity index (χ0) is 9.26. The van der Waals surface area contributed by atoms with E-state index < -0.39 is 0 Å². The lowest BCUT2D eigenvalue weighted by molar-refractivity contribution is 0.415. The predicted molar refractivity (Wildman–Crippen MR) is 69.2 cm³/mol. The van der Waals surface area contributed by atoms with Crippen molar-refractivity contribution in [2.45, 2.75) is 0 Å². The van der Waals surface area contributed by atoms with Crippen LogP contribution >= 0.6 is 24.8 Å². The van der Waals surface area contributed by atoms with Gasteiger partial charge in [0.05, 0.1) is 18.5 Å². The van der Waals surface area contributed by atoms with Crippen LogP contribution in [0.3, 0.4) is 0 Å². The van der Waals surface area contributed by atoms with Gasteiger partial charge in [-0.05, 0) is 12.1 Å². The van der Waals surface area contributed by atoms with E-state index in [9.17, 15) is 0 Å². The molecule has 15 heavy (non-hydrogen) atoms. The van der Waals surface area contributed by atoms with Crippen molar-refractivity contribution in [3.8, 4) is 5.75 Å². The summed E-state index contributed by atoms with van der Waals surface area (Å²) in [6, 6.07) is 6.10. The summed E-state index contributed by atoms with van der Waals surface area (Å²) in [5.74, 6) is 0.904. The second kappa shape index (κ2) is 5.93. The number of rotatable bonds is 1. The number of hydrogen-bond acceptors (Lipinski definition) is 3. The Bertz CT molecular complexity index is 320. The number of hydrogen-bond donors (Lipinski definition) is 1. The molecule has 0 bridgehead atoms. The lowest BCUT2D eigenvalue weighted by Crippen LogP contribution is -2.30. The molecule has 1 N–H and O–H groups in total. The van der Waals surface area contributed by atoms with Crippen molar-refractivity contribution < 1.29 is 4.74 Å². The van der Waals surface area contributed by atoms with Crippen LogP contribution in [0.5, 0.6) is 5.75 Å². The molecule has 86 valence electrons. The van der Waals surface area contributed by atoms with Gasteiger partial charge < -0.3 is 15.0 Å². The molecule has 1 aliphatic heterocycles. The second-order valence-corrected chi connectivity index (χ2v) is 3.23. The van der Waals surface area contributed by atoms with Crippen molar-refractivity contribution in [3.63, 3.8) is 0 Å². The second-order valence-electron chi connectivity index (χ2n) is 3.23. The van der Waals surface area contributed by atoms with Gasteiger partial charge in [-0.1, -0.05) is 0 Å². The van der Waals surface area contributed by atoms with Crippen LogP contribution in [0.25, 0.3) is 0 Å². The fraction of sp³-hybridized carbons (Fsp3) is 0.400. The van der Waals surface area contributed by atoms with Crippen molar-refractivity contribution in [1.82, 2.24) is 0 Å². The van der Waals surface area contributed by atoms with Crippen molar-refractivity contribution in [3.05, 3.63) is 18.2 Å². The van der Waals surface area contributed by atoms with E-state index in [1.807, 2.05) is 12.1 Å². The first-order valence-electron chi connectivity index (χ1n) is 4.44. The van der Waals surface area contributed by atoms with E-state index >= 15 is 0 Å². The van der Waals surface area contributed by atoms with Crippen LogP contribution in [0.1, 0.15) is 0 Å². The minimum atomic E-state index is 0. The summed E-state index contributed by atoms with van der Waals surface area (Å²) in [5.41, 5.74) is 2.40. The van der Waals surface area contributed by atoms with Gasteiger partial charge in [0.1, 0.15) is 5.75 Å². The van der Waals surface area contributed by atoms with Crippen LogP contribution in [0.2, 0.25) is 0 Å². The predicted octanol–water partition coefficient (Wildman–Crippen LogP) is 2.40. The Morgan fingerprint density at radius 2 is 2.07 bits per heavy atom. The molecule has 0 spiro atoms. The zero-order valence-electron chi connectivity index (χ0n) is 8.82. The molecule has 0 saturated heterocycles. The highest BCUT2D eigenvalue weighted by atomic mass is 35.5. The molecular formula is C10H16Cl2N2O. The van der Waals surface area contributed by atoms with Gasteiger partial charge in [-0.3, -0.25) is 0 Å². The largest absolute Gasteiger partial charge is 0.497 e. The number of halogens is 2. The highest BCUT2D eigenvalue weighted by Crippen LogP contribution is 2.31. The number of anilines is 2. The third kappa shape index (κ3) is 2.83. The maximum Gasteiger partial charge on any atom is 0.121 e. The van der Waals surface area contributed by atoms with Gasteiger partial charge in [0, 0.05) is 26.2 Å². The molecular weight excluding hydrogens is 235 g/mol. The fourth-order valence-corrected chi connectivity index (χ4v) is 1.60. The zero-order valence-corrected chi connectivity index (χ0v) is 10.5. The lowest BCUT2D eigenvalue weighted by atomic mass is 10.2. The van der Waals surface area contributed by atoms with Gasteiger partial charge in [-0.25, -0.2) is 0 Å². The van der Waals surface area contributed by atoms with E-state index in [1.54, 1.807) is 7.11 Å². The van der Waals surface area contributed by atoms with Crippen LogP contribution in [0.4, 0.5) is 11.4 Å². The summed E-state index contributed by atoms with van der Waals surface area (Å²) in [7, 11) is 3.79. The topological polar surface area (TPSA) is 24.5 Å². The SMILES string of the molecule is COc1ccc2c(c1)NCCN2C.Cl.Cl. The fourth-order valence-electron chi connectivity index (χ4n) is 1.60. The highest BCUT2D eigenvalue weighted by molar-refractivity contribution is 5.85. The maximum absolute atomic E-state index is 5.16. The minimum Gasteiger partial charge on any atom is -0.497 e. The van der Waals surface area contributed by atoms with Gasteiger partial charge >= 0.3 is 0 Å². The monoisotopic (exact) mass is 250 g/mol. The summed E-state index contributed by atoms with van der Waals surface area (Å²) in [4.78, 5) is 2.24. The van der Waals surface area contributed by atoms with Crippen LogP contribution in [-0.4, -0.2) is 27.2 Å². The summed E-state index contributed by atoms with van der Waals surface area (Å²) in [6.07, 6.45) is 0. The molecule has 0 aliphatic carbocycles. The average molecular weight is 251 g/mol. The highest BCUT2D eigenvalue weighted by Gasteiger charge is 2.12. The molecule has 0 fully saturated rings. The van der Waals surface area contributed by atoms with Gasteiger partial charge in [0.15, 0.2) is 0 Å². The van der Waals surface area contributed by atoms with Gasteiger partial charge in [-0.15, -0.1) is 24.8 Å². The molecule has 0 amide bonds. The summed E-state index contributed by atoms with van der Waals surface area (Å²) < 4.78 is 5.16. The molecule has 1 aromatic carbocycles. The molecule has 1 heterocycles. The van der Waals surface area contributed by atoms with Crippen molar-refractivity contribution in [2.24, 2.45) is 0 Å². The normalized spacial score (nSPS) is 12.8. The van der Waals surface area contributed by atoms with E-state index in [4.69, 9.17) is 4.74 Å². The standard InChI is InChI=1S/C10H14N2O.2ClH/c1-12-6-5-11-9-7-8(13-2)3-4-10(9)12;;/h3-4,7,11H,5-6H2,1-2H3;2*1H. The lowest BCUT2D eigenvalue weighted by Gasteiger charge is -2.28. The van der Waals surface area contributed by atoms with E-state index in [0.717, 1.165) is 24.5 Å². The van der Waals surface area contributed by atoms with Crippen molar-refractivity contribution in [1.29, 1.82) is 0 Å². The Morgan fingerprint density at radius 1 is 1.33 bits per heavy atom. The number of methoxy groups -OCH3 is 1. The molecule has 3 nitrogen and oxygen atoms in total. The van der Waals surface area contributed by atoms with E-state index in [2.05, 4.69) is 23.3 Å². The van der Waals surface area contributed by atoms with Crippen molar-refractivity contribution >= 4 is 36.2 Å². The Labute approximate surface area is 103 Å². The number of fused-ring (bicyclic) bond motifs is 1. The number of ether oxygens (including phenoxy) is 1. The van der Waals surface area contributed by atoms with Crippen molar-refractivity contribution in [2.75, 3.05) is 37.5 Å². The van der Waals surface area contributed by atoms with Gasteiger partial charge in [-0.2, -0.15) is 0 Å². The molecule has 0 radical (unpaired) electrons. The smallest absolute Gasteiger partial charge is 0.121 e. The quantitative estimate of drug-likeness (QED) is 0.829. The molecule has 0 atom stereocenters. The first-order chi connectivity index (χ1) is 6.31. The Morgan fingerprint density at radius 3 is 2.73 bits per heavy atom. The third-order valence-corrected chi connectivity index (χ3v) is 2.38. The number of likely N-dealkylation sites (N-methyl/N-ethyl adjacent to an activating group) is 1. The molecule has 1 aliphatic rings. The summed E-state index contributed by atoms with van der Waals surface area (Å²) in [6.45, 7) is 2.05. The van der Waals surface area contributed by atoms with E-state index in [0.29, 0.717) is 0 Å². The molecule has 1 aromatic rings. The van der Waals surface area contributed by atoms with Gasteiger partial charge in [0.2, 0.25) is 0 Å². The van der Waals surface area contributed by atoms with E-state index in [1.165, 1.54) is 5.69 Å². The molecule has 0 aromatic heterocycles. The van der Waals surface area contributed by atoms with Crippen LogP contribution in [-0.2, 0) is 0 Å².